The number of nitrogens with one attached hydrogen (secondary N) is 2. The fraction of sp³-hybridized carbons (Fsp3) is 0.100. The van der Waals surface area contributed by atoms with E-state index in [1.807, 2.05) is 31.3 Å². The Morgan fingerprint density at radius 1 is 1.50 bits per heavy atom. The second kappa shape index (κ2) is 5.04. The van der Waals surface area contributed by atoms with E-state index >= 15 is 0 Å². The molecule has 0 saturated carbocycles. The van der Waals surface area contributed by atoms with Crippen LogP contribution in [0.25, 0.3) is 6.08 Å². The van der Waals surface area contributed by atoms with Gasteiger partial charge in [0.05, 0.1) is 0 Å². The van der Waals surface area contributed by atoms with Crippen molar-refractivity contribution < 1.29 is 10.0 Å². The summed E-state index contributed by atoms with van der Waals surface area (Å²) in [7, 11) is 1.82. The van der Waals surface area contributed by atoms with Crippen LogP contribution < -0.4 is 10.8 Å². The highest BCUT2D eigenvalue weighted by atomic mass is 16.5. The zero-order chi connectivity index (χ0) is 10.4. The van der Waals surface area contributed by atoms with Gasteiger partial charge in [0.25, 0.3) is 5.91 Å². The molecule has 3 N–H and O–H groups in total. The Kier molecular flexibility index (Phi) is 3.69. The van der Waals surface area contributed by atoms with Crippen LogP contribution in [-0.4, -0.2) is 18.2 Å². The summed E-state index contributed by atoms with van der Waals surface area (Å²) in [5.41, 5.74) is 3.38. The Labute approximate surface area is 82.2 Å². The van der Waals surface area contributed by atoms with Crippen molar-refractivity contribution in [3.05, 3.63) is 35.9 Å². The van der Waals surface area contributed by atoms with Crippen LogP contribution in [-0.2, 0) is 4.79 Å². The third kappa shape index (κ3) is 2.91. The summed E-state index contributed by atoms with van der Waals surface area (Å²) in [5.74, 6) is -0.542. The van der Waals surface area contributed by atoms with Crippen LogP contribution in [0.5, 0.6) is 0 Å². The number of carbonyl (C=O) groups is 1. The lowest BCUT2D eigenvalue weighted by Crippen LogP contribution is -2.14. The number of amides is 1. The maximum Gasteiger partial charge on any atom is 0.267 e. The molecule has 0 fully saturated rings. The first-order valence-electron chi connectivity index (χ1n) is 4.16. The molecule has 0 aliphatic rings. The summed E-state index contributed by atoms with van der Waals surface area (Å²) in [6.45, 7) is 0. The normalized spacial score (nSPS) is 10.1. The summed E-state index contributed by atoms with van der Waals surface area (Å²) in [5, 5.41) is 11.2. The first kappa shape index (κ1) is 10.3. The molecule has 0 spiro atoms. The van der Waals surface area contributed by atoms with E-state index in [0.717, 1.165) is 11.3 Å². The van der Waals surface area contributed by atoms with Gasteiger partial charge in [-0.25, -0.2) is 5.48 Å². The third-order valence-electron chi connectivity index (χ3n) is 1.71. The highest BCUT2D eigenvalue weighted by molar-refractivity contribution is 5.90. The van der Waals surface area contributed by atoms with Gasteiger partial charge in [0.15, 0.2) is 0 Å². The van der Waals surface area contributed by atoms with Crippen molar-refractivity contribution in [2.24, 2.45) is 0 Å². The average Bonchev–Trinajstić information content (AvgIpc) is 2.26. The van der Waals surface area contributed by atoms with E-state index < -0.39 is 5.91 Å². The molecule has 0 aliphatic carbocycles. The lowest BCUT2D eigenvalue weighted by atomic mass is 10.2. The number of carbonyl (C=O) groups excluding carboxylic acids is 1. The van der Waals surface area contributed by atoms with Gasteiger partial charge in [-0.1, -0.05) is 12.1 Å². The number of hydrogen-bond acceptors (Lipinski definition) is 3. The summed E-state index contributed by atoms with van der Waals surface area (Å²) in [6.07, 6.45) is 2.88. The van der Waals surface area contributed by atoms with Crippen molar-refractivity contribution in [1.82, 2.24) is 5.48 Å². The molecule has 14 heavy (non-hydrogen) atoms. The van der Waals surface area contributed by atoms with Gasteiger partial charge in [-0.3, -0.25) is 10.0 Å². The molecule has 0 aromatic heterocycles. The van der Waals surface area contributed by atoms with Gasteiger partial charge < -0.3 is 5.32 Å². The van der Waals surface area contributed by atoms with E-state index in [4.69, 9.17) is 5.21 Å². The van der Waals surface area contributed by atoms with Gasteiger partial charge in [0.2, 0.25) is 0 Å². The molecule has 0 bridgehead atoms. The number of benzene rings is 1. The molecule has 1 amide bonds. The van der Waals surface area contributed by atoms with Crippen LogP contribution in [0, 0.1) is 0 Å². The molecule has 1 aromatic carbocycles. The van der Waals surface area contributed by atoms with Gasteiger partial charge in [0, 0.05) is 18.8 Å². The van der Waals surface area contributed by atoms with Gasteiger partial charge in [0.1, 0.15) is 0 Å². The minimum absolute atomic E-state index is 0.542. The van der Waals surface area contributed by atoms with Gasteiger partial charge >= 0.3 is 0 Å². The first-order chi connectivity index (χ1) is 6.76. The molecule has 4 heteroatoms. The Morgan fingerprint density at radius 2 is 2.29 bits per heavy atom. The van der Waals surface area contributed by atoms with Gasteiger partial charge in [-0.15, -0.1) is 0 Å². The number of hydroxylamine groups is 1. The molecule has 74 valence electrons. The summed E-state index contributed by atoms with van der Waals surface area (Å²) < 4.78 is 0. The Morgan fingerprint density at radius 3 is 2.93 bits per heavy atom. The van der Waals surface area contributed by atoms with Crippen molar-refractivity contribution in [2.45, 2.75) is 0 Å². The maximum absolute atomic E-state index is 10.7. The van der Waals surface area contributed by atoms with Crippen LogP contribution in [0.15, 0.2) is 30.3 Å². The lowest BCUT2D eigenvalue weighted by molar-refractivity contribution is -0.124. The third-order valence-corrected chi connectivity index (χ3v) is 1.71. The molecule has 0 unspecified atom stereocenters. The number of rotatable bonds is 3. The van der Waals surface area contributed by atoms with E-state index in [0.29, 0.717) is 0 Å². The SMILES string of the molecule is CNc1cccc(/C=C/C(=O)NO)c1. The largest absolute Gasteiger partial charge is 0.388 e. The number of hydrogen-bond donors (Lipinski definition) is 3. The lowest BCUT2D eigenvalue weighted by Gasteiger charge is -1.99. The quantitative estimate of drug-likeness (QED) is 0.383. The standard InChI is InChI=1S/C10H12N2O2/c1-11-9-4-2-3-8(7-9)5-6-10(13)12-14/h2-7,11,14H,1H3,(H,12,13)/b6-5+. The summed E-state index contributed by atoms with van der Waals surface area (Å²) >= 11 is 0. The zero-order valence-electron chi connectivity index (χ0n) is 7.82. The van der Waals surface area contributed by atoms with Crippen molar-refractivity contribution in [3.8, 4) is 0 Å². The Hall–Kier alpha value is -1.81. The van der Waals surface area contributed by atoms with E-state index in [1.165, 1.54) is 11.6 Å². The average molecular weight is 192 g/mol. The Bertz CT molecular complexity index is 348. The zero-order valence-corrected chi connectivity index (χ0v) is 7.82. The van der Waals surface area contributed by atoms with Crippen LogP contribution in [0.4, 0.5) is 5.69 Å². The molecule has 1 aromatic rings. The molecule has 1 rings (SSSR count). The van der Waals surface area contributed by atoms with E-state index in [1.54, 1.807) is 6.08 Å². The molecular formula is C10H12N2O2. The minimum atomic E-state index is -0.542. The first-order valence-corrected chi connectivity index (χ1v) is 4.16. The van der Waals surface area contributed by atoms with Gasteiger partial charge in [-0.2, -0.15) is 0 Å². The second-order valence-electron chi connectivity index (χ2n) is 2.68. The molecule has 0 heterocycles. The molecule has 0 saturated heterocycles. The summed E-state index contributed by atoms with van der Waals surface area (Å²) in [4.78, 5) is 10.7. The van der Waals surface area contributed by atoms with Crippen LogP contribution in [0.3, 0.4) is 0 Å². The smallest absolute Gasteiger partial charge is 0.267 e. The molecule has 0 aliphatic heterocycles. The topological polar surface area (TPSA) is 61.4 Å². The van der Waals surface area contributed by atoms with Crippen LogP contribution in [0.2, 0.25) is 0 Å². The molecule has 4 nitrogen and oxygen atoms in total. The van der Waals surface area contributed by atoms with Crippen molar-refractivity contribution in [3.63, 3.8) is 0 Å². The maximum atomic E-state index is 10.7. The molecule has 0 radical (unpaired) electrons. The fourth-order valence-electron chi connectivity index (χ4n) is 1.01. The van der Waals surface area contributed by atoms with Crippen LogP contribution >= 0.6 is 0 Å². The highest BCUT2D eigenvalue weighted by Crippen LogP contribution is 2.10. The fourth-order valence-corrected chi connectivity index (χ4v) is 1.01. The minimum Gasteiger partial charge on any atom is -0.388 e. The monoisotopic (exact) mass is 192 g/mol. The van der Waals surface area contributed by atoms with Crippen molar-refractivity contribution in [2.75, 3.05) is 12.4 Å². The second-order valence-corrected chi connectivity index (χ2v) is 2.68. The van der Waals surface area contributed by atoms with E-state index in [-0.39, 0.29) is 0 Å². The molecule has 0 atom stereocenters. The van der Waals surface area contributed by atoms with E-state index in [2.05, 4.69) is 5.32 Å². The predicted molar refractivity (Wildman–Crippen MR) is 55.0 cm³/mol. The van der Waals surface area contributed by atoms with Crippen LogP contribution in [0.1, 0.15) is 5.56 Å². The predicted octanol–water partition coefficient (Wildman–Crippen LogP) is 1.25. The summed E-state index contributed by atoms with van der Waals surface area (Å²) in [6, 6.07) is 7.55. The van der Waals surface area contributed by atoms with Gasteiger partial charge in [-0.05, 0) is 23.8 Å². The number of anilines is 1. The highest BCUT2D eigenvalue weighted by Gasteiger charge is 1.92. The Balaban J connectivity index is 2.76. The molecular weight excluding hydrogens is 180 g/mol. The van der Waals surface area contributed by atoms with Crippen molar-refractivity contribution in [1.29, 1.82) is 0 Å². The van der Waals surface area contributed by atoms with E-state index in [9.17, 15) is 4.79 Å². The van der Waals surface area contributed by atoms with Crippen molar-refractivity contribution >= 4 is 17.7 Å².